The number of nitrogens with one attached hydrogen (secondary N) is 1. The summed E-state index contributed by atoms with van der Waals surface area (Å²) in [5, 5.41) is 14.1. The van der Waals surface area contributed by atoms with E-state index in [2.05, 4.69) is 10.3 Å². The predicted molar refractivity (Wildman–Crippen MR) is 102 cm³/mol. The monoisotopic (exact) mass is 408 g/mol. The summed E-state index contributed by atoms with van der Waals surface area (Å²) in [6, 6.07) is 5.58. The molecule has 0 fully saturated rings. The van der Waals surface area contributed by atoms with Crippen LogP contribution >= 0.6 is 23.2 Å². The number of halogens is 2. The number of hydrogen-bond acceptors (Lipinski definition) is 4. The van der Waals surface area contributed by atoms with Crippen LogP contribution in [0.1, 0.15) is 33.2 Å². The molecule has 0 saturated heterocycles. The largest absolute Gasteiger partial charge is 0.390 e. The fourth-order valence-electron chi connectivity index (χ4n) is 3.20. The normalized spacial score (nSPS) is 18.1. The summed E-state index contributed by atoms with van der Waals surface area (Å²) < 4.78 is 0. The van der Waals surface area contributed by atoms with Crippen molar-refractivity contribution in [2.75, 3.05) is 7.05 Å². The molecule has 2 aromatic rings. The zero-order chi connectivity index (χ0) is 19.7. The maximum atomic E-state index is 12.5. The molecule has 2 unspecified atom stereocenters. The Labute approximate surface area is 166 Å². The van der Waals surface area contributed by atoms with Gasteiger partial charge in [0.25, 0.3) is 5.91 Å². The number of nitrogens with two attached hydrogens (primary N) is 1. The maximum absolute atomic E-state index is 12.5. The molecule has 1 heterocycles. The van der Waals surface area contributed by atoms with E-state index in [4.69, 9.17) is 28.9 Å². The number of carbonyl (C=O) groups excluding carboxylic acids is 2. The SMILES string of the molecule is CN(C(=O)NCc1ccc(C(N)=O)nc1)C1c2cc(Cl)cc(Cl)c2CC1O. The number of aliphatic hydroxyl groups is 1. The molecule has 4 N–H and O–H groups in total. The summed E-state index contributed by atoms with van der Waals surface area (Å²) in [6.45, 7) is 0.210. The van der Waals surface area contributed by atoms with Gasteiger partial charge in [-0.25, -0.2) is 4.79 Å². The van der Waals surface area contributed by atoms with E-state index < -0.39 is 18.1 Å². The highest BCUT2D eigenvalue weighted by molar-refractivity contribution is 6.35. The molecule has 142 valence electrons. The second-order valence-corrected chi connectivity index (χ2v) is 7.20. The Hall–Kier alpha value is -2.35. The van der Waals surface area contributed by atoms with Crippen LogP contribution in [-0.2, 0) is 13.0 Å². The van der Waals surface area contributed by atoms with Crippen LogP contribution in [-0.4, -0.2) is 40.1 Å². The van der Waals surface area contributed by atoms with Gasteiger partial charge in [0.05, 0.1) is 12.1 Å². The number of nitrogens with zero attached hydrogens (tertiary/aromatic N) is 2. The molecule has 9 heteroatoms. The van der Waals surface area contributed by atoms with Crippen LogP contribution in [0, 0.1) is 0 Å². The number of rotatable bonds is 4. The fourth-order valence-corrected chi connectivity index (χ4v) is 3.79. The number of hydrogen-bond donors (Lipinski definition) is 3. The number of carbonyl (C=O) groups is 2. The highest BCUT2D eigenvalue weighted by Gasteiger charge is 2.37. The van der Waals surface area contributed by atoms with E-state index in [0.29, 0.717) is 22.0 Å². The summed E-state index contributed by atoms with van der Waals surface area (Å²) in [5.41, 5.74) is 7.55. The van der Waals surface area contributed by atoms with Crippen molar-refractivity contribution in [1.29, 1.82) is 0 Å². The second-order valence-electron chi connectivity index (χ2n) is 6.36. The Morgan fingerprint density at radius 2 is 2.11 bits per heavy atom. The summed E-state index contributed by atoms with van der Waals surface area (Å²) >= 11 is 12.3. The fraction of sp³-hybridized carbons (Fsp3) is 0.278. The first-order valence-electron chi connectivity index (χ1n) is 8.19. The predicted octanol–water partition coefficient (Wildman–Crippen LogP) is 2.29. The minimum atomic E-state index is -0.775. The van der Waals surface area contributed by atoms with Gasteiger partial charge in [-0.2, -0.15) is 0 Å². The molecule has 1 aliphatic rings. The number of fused-ring (bicyclic) bond motifs is 1. The van der Waals surface area contributed by atoms with E-state index in [9.17, 15) is 14.7 Å². The minimum Gasteiger partial charge on any atom is -0.390 e. The zero-order valence-corrected chi connectivity index (χ0v) is 16.0. The van der Waals surface area contributed by atoms with Crippen LogP contribution in [0.3, 0.4) is 0 Å². The lowest BCUT2D eigenvalue weighted by atomic mass is 10.1. The third kappa shape index (κ3) is 4.00. The first-order chi connectivity index (χ1) is 12.8. The van der Waals surface area contributed by atoms with E-state index >= 15 is 0 Å². The molecular weight excluding hydrogens is 391 g/mol. The quantitative estimate of drug-likeness (QED) is 0.720. The molecular formula is C18H18Cl2N4O3. The first-order valence-corrected chi connectivity index (χ1v) is 8.94. The third-order valence-corrected chi connectivity index (χ3v) is 5.11. The third-order valence-electron chi connectivity index (χ3n) is 4.55. The van der Waals surface area contributed by atoms with Gasteiger partial charge in [-0.05, 0) is 34.9 Å². The van der Waals surface area contributed by atoms with Crippen molar-refractivity contribution in [3.05, 3.63) is 62.9 Å². The van der Waals surface area contributed by atoms with Gasteiger partial charge in [-0.1, -0.05) is 29.3 Å². The number of aromatic nitrogens is 1. The van der Waals surface area contributed by atoms with Crippen molar-refractivity contribution in [2.45, 2.75) is 25.1 Å². The Morgan fingerprint density at radius 1 is 1.37 bits per heavy atom. The van der Waals surface area contributed by atoms with Gasteiger partial charge in [-0.15, -0.1) is 0 Å². The van der Waals surface area contributed by atoms with Gasteiger partial charge in [0, 0.05) is 36.3 Å². The van der Waals surface area contributed by atoms with E-state index in [1.807, 2.05) is 0 Å². The highest BCUT2D eigenvalue weighted by Crippen LogP contribution is 2.40. The average Bonchev–Trinajstić information content (AvgIpc) is 2.95. The molecule has 1 aromatic heterocycles. The Morgan fingerprint density at radius 3 is 2.74 bits per heavy atom. The van der Waals surface area contributed by atoms with Crippen LogP contribution in [0.15, 0.2) is 30.5 Å². The molecule has 1 aromatic carbocycles. The topological polar surface area (TPSA) is 109 Å². The number of aliphatic hydroxyl groups excluding tert-OH is 1. The van der Waals surface area contributed by atoms with Crippen molar-refractivity contribution in [2.24, 2.45) is 5.73 Å². The van der Waals surface area contributed by atoms with E-state index in [-0.39, 0.29) is 18.3 Å². The summed E-state index contributed by atoms with van der Waals surface area (Å²) in [7, 11) is 1.60. The van der Waals surface area contributed by atoms with Gasteiger partial charge in [0.2, 0.25) is 0 Å². The van der Waals surface area contributed by atoms with Crippen LogP contribution in [0.5, 0.6) is 0 Å². The van der Waals surface area contributed by atoms with Crippen molar-refractivity contribution in [3.8, 4) is 0 Å². The van der Waals surface area contributed by atoms with Gasteiger partial charge in [0.15, 0.2) is 0 Å². The molecule has 7 nitrogen and oxygen atoms in total. The molecule has 3 amide bonds. The van der Waals surface area contributed by atoms with Crippen LogP contribution in [0.2, 0.25) is 10.0 Å². The van der Waals surface area contributed by atoms with Gasteiger partial charge < -0.3 is 21.1 Å². The minimum absolute atomic E-state index is 0.154. The van der Waals surface area contributed by atoms with E-state index in [1.165, 1.54) is 17.2 Å². The molecule has 0 radical (unpaired) electrons. The van der Waals surface area contributed by atoms with Crippen molar-refractivity contribution in [1.82, 2.24) is 15.2 Å². The molecule has 0 saturated carbocycles. The molecule has 3 rings (SSSR count). The maximum Gasteiger partial charge on any atom is 0.318 e. The van der Waals surface area contributed by atoms with Gasteiger partial charge >= 0.3 is 6.03 Å². The summed E-state index contributed by atoms with van der Waals surface area (Å²) in [4.78, 5) is 28.9. The first kappa shape index (κ1) is 19.4. The molecule has 27 heavy (non-hydrogen) atoms. The Balaban J connectivity index is 1.70. The van der Waals surface area contributed by atoms with Crippen LogP contribution in [0.25, 0.3) is 0 Å². The standard InChI is InChI=1S/C18H18Cl2N4O3/c1-24(16-12-4-10(19)5-13(20)11(12)6-15(16)25)18(27)23-8-9-2-3-14(17(21)26)22-7-9/h2-5,7,15-16,25H,6,8H2,1H3,(H2,21,26)(H,23,27). The molecule has 0 bridgehead atoms. The van der Waals surface area contributed by atoms with E-state index in [1.54, 1.807) is 25.2 Å². The summed E-state index contributed by atoms with van der Waals surface area (Å²) in [6.07, 6.45) is 1.05. The number of benzene rings is 1. The Bertz CT molecular complexity index is 889. The molecule has 0 spiro atoms. The number of pyridine rings is 1. The number of primary amides is 1. The lowest BCUT2D eigenvalue weighted by Gasteiger charge is -2.28. The molecule has 2 atom stereocenters. The van der Waals surface area contributed by atoms with Gasteiger partial charge in [0.1, 0.15) is 5.69 Å². The lowest BCUT2D eigenvalue weighted by molar-refractivity contribution is 0.0891. The number of urea groups is 1. The Kier molecular flexibility index (Phi) is 5.55. The lowest BCUT2D eigenvalue weighted by Crippen LogP contribution is -2.42. The highest BCUT2D eigenvalue weighted by atomic mass is 35.5. The summed E-state index contributed by atoms with van der Waals surface area (Å²) in [5.74, 6) is -0.614. The zero-order valence-electron chi connectivity index (χ0n) is 14.4. The van der Waals surface area contributed by atoms with Crippen molar-refractivity contribution in [3.63, 3.8) is 0 Å². The molecule has 0 aliphatic heterocycles. The average molecular weight is 409 g/mol. The number of amides is 3. The van der Waals surface area contributed by atoms with Crippen LogP contribution < -0.4 is 11.1 Å². The number of likely N-dealkylation sites (N-methyl/N-ethyl adjacent to an activating group) is 1. The van der Waals surface area contributed by atoms with Crippen LogP contribution in [0.4, 0.5) is 4.79 Å². The van der Waals surface area contributed by atoms with E-state index in [0.717, 1.165) is 11.1 Å². The van der Waals surface area contributed by atoms with Gasteiger partial charge in [-0.3, -0.25) is 9.78 Å². The van der Waals surface area contributed by atoms with Crippen molar-refractivity contribution < 1.29 is 14.7 Å². The second kappa shape index (κ2) is 7.72. The molecule has 1 aliphatic carbocycles. The smallest absolute Gasteiger partial charge is 0.318 e. The van der Waals surface area contributed by atoms with Crippen molar-refractivity contribution >= 4 is 35.1 Å².